The molecule has 2 aromatic rings. The van der Waals surface area contributed by atoms with E-state index >= 15 is 0 Å². The van der Waals surface area contributed by atoms with E-state index in [-0.39, 0.29) is 23.8 Å². The highest BCUT2D eigenvalue weighted by molar-refractivity contribution is 5.91. The van der Waals surface area contributed by atoms with Gasteiger partial charge < -0.3 is 10.4 Å². The van der Waals surface area contributed by atoms with E-state index in [1.807, 2.05) is 0 Å². The van der Waals surface area contributed by atoms with Crippen LogP contribution in [0.2, 0.25) is 0 Å². The summed E-state index contributed by atoms with van der Waals surface area (Å²) in [5, 5.41) is 18.4. The average Bonchev–Trinajstić information content (AvgIpc) is 2.88. The molecule has 0 saturated heterocycles. The fourth-order valence-corrected chi connectivity index (χ4v) is 1.39. The maximum Gasteiger partial charge on any atom is 0.358 e. The molecule has 1 amide bonds. The van der Waals surface area contributed by atoms with Gasteiger partial charge in [-0.2, -0.15) is 0 Å². The molecule has 9 nitrogen and oxygen atoms in total. The third-order valence-corrected chi connectivity index (χ3v) is 2.40. The molecular weight excluding hydrogens is 264 g/mol. The van der Waals surface area contributed by atoms with Crippen LogP contribution in [0, 0.1) is 6.92 Å². The van der Waals surface area contributed by atoms with Crippen molar-refractivity contribution in [3.8, 4) is 0 Å². The molecular formula is C11H12N6O3. The standard InChI is InChI=1S/C11H12N6O3/c1-7-4-14-8(5-13-7)10(18)12-2-3-17-6-9(11(19)20)15-16-17/h4-6H,2-3H2,1H3,(H,12,18)(H,19,20). The van der Waals surface area contributed by atoms with Crippen molar-refractivity contribution >= 4 is 11.9 Å². The van der Waals surface area contributed by atoms with Crippen LogP contribution in [0.4, 0.5) is 0 Å². The summed E-state index contributed by atoms with van der Waals surface area (Å²) in [6.07, 6.45) is 4.19. The van der Waals surface area contributed by atoms with E-state index in [0.717, 1.165) is 5.69 Å². The molecule has 0 spiro atoms. The first-order valence-corrected chi connectivity index (χ1v) is 5.76. The van der Waals surface area contributed by atoms with Gasteiger partial charge in [0, 0.05) is 12.7 Å². The number of amides is 1. The molecule has 0 fully saturated rings. The van der Waals surface area contributed by atoms with Crippen LogP contribution in [-0.2, 0) is 6.54 Å². The van der Waals surface area contributed by atoms with Gasteiger partial charge in [-0.15, -0.1) is 5.10 Å². The third kappa shape index (κ3) is 3.34. The third-order valence-electron chi connectivity index (χ3n) is 2.40. The second-order valence-corrected chi connectivity index (χ2v) is 3.97. The first-order valence-electron chi connectivity index (χ1n) is 5.76. The lowest BCUT2D eigenvalue weighted by Gasteiger charge is -2.04. The molecule has 0 aromatic carbocycles. The number of nitrogens with one attached hydrogen (secondary N) is 1. The van der Waals surface area contributed by atoms with E-state index in [0.29, 0.717) is 6.54 Å². The normalized spacial score (nSPS) is 10.2. The lowest BCUT2D eigenvalue weighted by Crippen LogP contribution is -2.28. The summed E-state index contributed by atoms with van der Waals surface area (Å²) >= 11 is 0. The highest BCUT2D eigenvalue weighted by Gasteiger charge is 2.09. The van der Waals surface area contributed by atoms with Crippen LogP contribution in [0.3, 0.4) is 0 Å². The van der Waals surface area contributed by atoms with Gasteiger partial charge in [0.2, 0.25) is 0 Å². The van der Waals surface area contributed by atoms with E-state index < -0.39 is 5.97 Å². The number of carboxylic acid groups (broad SMARTS) is 1. The van der Waals surface area contributed by atoms with E-state index in [2.05, 4.69) is 25.6 Å². The van der Waals surface area contributed by atoms with Crippen LogP contribution in [0.1, 0.15) is 26.7 Å². The molecule has 0 bridgehead atoms. The number of carbonyl (C=O) groups is 2. The minimum atomic E-state index is -1.14. The molecule has 9 heteroatoms. The molecule has 2 rings (SSSR count). The quantitative estimate of drug-likeness (QED) is 0.754. The largest absolute Gasteiger partial charge is 0.476 e. The van der Waals surface area contributed by atoms with Gasteiger partial charge in [-0.1, -0.05) is 5.21 Å². The van der Waals surface area contributed by atoms with Gasteiger partial charge in [0.15, 0.2) is 5.69 Å². The minimum Gasteiger partial charge on any atom is -0.476 e. The summed E-state index contributed by atoms with van der Waals surface area (Å²) in [4.78, 5) is 30.2. The smallest absolute Gasteiger partial charge is 0.358 e. The molecule has 20 heavy (non-hydrogen) atoms. The number of carbonyl (C=O) groups excluding carboxylic acids is 1. The zero-order chi connectivity index (χ0) is 14.5. The number of rotatable bonds is 5. The SMILES string of the molecule is Cc1cnc(C(=O)NCCn2cc(C(=O)O)nn2)cn1. The monoisotopic (exact) mass is 276 g/mol. The Labute approximate surface area is 113 Å². The topological polar surface area (TPSA) is 123 Å². The maximum absolute atomic E-state index is 11.7. The molecule has 0 atom stereocenters. The fraction of sp³-hybridized carbons (Fsp3) is 0.273. The van der Waals surface area contributed by atoms with Crippen LogP contribution in [-0.4, -0.2) is 48.5 Å². The Kier molecular flexibility index (Phi) is 3.99. The Morgan fingerprint density at radius 3 is 2.70 bits per heavy atom. The zero-order valence-electron chi connectivity index (χ0n) is 10.6. The molecule has 0 radical (unpaired) electrons. The second-order valence-electron chi connectivity index (χ2n) is 3.97. The fourth-order valence-electron chi connectivity index (χ4n) is 1.39. The second kappa shape index (κ2) is 5.87. The van der Waals surface area contributed by atoms with Gasteiger partial charge in [-0.05, 0) is 6.92 Å². The van der Waals surface area contributed by atoms with Crippen LogP contribution < -0.4 is 5.32 Å². The van der Waals surface area contributed by atoms with Crippen molar-refractivity contribution in [2.75, 3.05) is 6.54 Å². The van der Waals surface area contributed by atoms with Gasteiger partial charge in [0.25, 0.3) is 5.91 Å². The Balaban J connectivity index is 1.84. The molecule has 2 aromatic heterocycles. The summed E-state index contributed by atoms with van der Waals surface area (Å²) in [5.41, 5.74) is 0.812. The highest BCUT2D eigenvalue weighted by Crippen LogP contribution is 1.95. The average molecular weight is 276 g/mol. The lowest BCUT2D eigenvalue weighted by molar-refractivity contribution is 0.0690. The summed E-state index contributed by atoms with van der Waals surface area (Å²) < 4.78 is 1.34. The van der Waals surface area contributed by atoms with Gasteiger partial charge in [0.1, 0.15) is 5.69 Å². The van der Waals surface area contributed by atoms with E-state index in [1.165, 1.54) is 23.3 Å². The number of aromatic carboxylic acids is 1. The van der Waals surface area contributed by atoms with Crippen molar-refractivity contribution in [2.45, 2.75) is 13.5 Å². The zero-order valence-corrected chi connectivity index (χ0v) is 10.6. The van der Waals surface area contributed by atoms with Crippen molar-refractivity contribution in [1.82, 2.24) is 30.3 Å². The van der Waals surface area contributed by atoms with Crippen molar-refractivity contribution in [3.63, 3.8) is 0 Å². The molecule has 104 valence electrons. The van der Waals surface area contributed by atoms with Crippen molar-refractivity contribution < 1.29 is 14.7 Å². The number of aryl methyl sites for hydroxylation is 1. The van der Waals surface area contributed by atoms with Gasteiger partial charge in [-0.25, -0.2) is 14.5 Å². The van der Waals surface area contributed by atoms with Gasteiger partial charge in [-0.3, -0.25) is 9.78 Å². The van der Waals surface area contributed by atoms with Crippen molar-refractivity contribution in [2.24, 2.45) is 0 Å². The van der Waals surface area contributed by atoms with E-state index in [9.17, 15) is 9.59 Å². The number of carboxylic acids is 1. The van der Waals surface area contributed by atoms with Crippen LogP contribution in [0.25, 0.3) is 0 Å². The highest BCUT2D eigenvalue weighted by atomic mass is 16.4. The van der Waals surface area contributed by atoms with Crippen molar-refractivity contribution in [3.05, 3.63) is 35.7 Å². The molecule has 0 aliphatic rings. The van der Waals surface area contributed by atoms with Crippen LogP contribution >= 0.6 is 0 Å². The van der Waals surface area contributed by atoms with Crippen LogP contribution in [0.5, 0.6) is 0 Å². The minimum absolute atomic E-state index is 0.138. The van der Waals surface area contributed by atoms with Gasteiger partial charge >= 0.3 is 5.97 Å². The summed E-state index contributed by atoms with van der Waals surface area (Å²) in [7, 11) is 0. The summed E-state index contributed by atoms with van der Waals surface area (Å²) in [5.74, 6) is -1.49. The predicted molar refractivity (Wildman–Crippen MR) is 66.1 cm³/mol. The first kappa shape index (κ1) is 13.6. The number of aromatic nitrogens is 5. The molecule has 2 heterocycles. The van der Waals surface area contributed by atoms with Crippen molar-refractivity contribution in [1.29, 1.82) is 0 Å². The first-order chi connectivity index (χ1) is 9.56. The molecule has 2 N–H and O–H groups in total. The molecule has 0 saturated carbocycles. The molecule has 0 aliphatic carbocycles. The number of hydrogen-bond donors (Lipinski definition) is 2. The summed E-state index contributed by atoms with van der Waals surface area (Å²) in [6, 6.07) is 0. The molecule has 0 aliphatic heterocycles. The summed E-state index contributed by atoms with van der Waals surface area (Å²) in [6.45, 7) is 2.36. The van der Waals surface area contributed by atoms with E-state index in [1.54, 1.807) is 6.92 Å². The van der Waals surface area contributed by atoms with Gasteiger partial charge in [0.05, 0.1) is 24.6 Å². The lowest BCUT2D eigenvalue weighted by atomic mass is 10.4. The Bertz CT molecular complexity index is 621. The maximum atomic E-state index is 11.7. The Hall–Kier alpha value is -2.84. The number of nitrogens with zero attached hydrogens (tertiary/aromatic N) is 5. The molecule has 0 unspecified atom stereocenters. The number of hydrogen-bond acceptors (Lipinski definition) is 6. The van der Waals surface area contributed by atoms with E-state index in [4.69, 9.17) is 5.11 Å². The Morgan fingerprint density at radius 2 is 2.10 bits per heavy atom. The Morgan fingerprint density at radius 1 is 1.30 bits per heavy atom. The van der Waals surface area contributed by atoms with Crippen LogP contribution in [0.15, 0.2) is 18.6 Å². The predicted octanol–water partition coefficient (Wildman–Crippen LogP) is -0.495.